The standard InChI is InChI=1S/C15H14ClNO2S/c16-12-3-1-11(2-4-12)13-5-6-14(19-13)15(20)17-7-9-18-10-8-17/h1-6H,7-10H2. The van der Waals surface area contributed by atoms with E-state index < -0.39 is 0 Å². The molecule has 2 aromatic rings. The molecule has 1 aromatic heterocycles. The molecule has 3 rings (SSSR count). The van der Waals surface area contributed by atoms with Crippen LogP contribution in [0.2, 0.25) is 5.02 Å². The Hall–Kier alpha value is -1.36. The number of thiocarbonyl (C=S) groups is 1. The molecule has 20 heavy (non-hydrogen) atoms. The van der Waals surface area contributed by atoms with Gasteiger partial charge >= 0.3 is 0 Å². The van der Waals surface area contributed by atoms with Gasteiger partial charge in [0.2, 0.25) is 0 Å². The molecule has 0 spiro atoms. The minimum absolute atomic E-state index is 0.712. The normalized spacial score (nSPS) is 15.3. The zero-order chi connectivity index (χ0) is 13.9. The van der Waals surface area contributed by atoms with Gasteiger partial charge in [-0.1, -0.05) is 23.8 Å². The molecule has 0 atom stereocenters. The average Bonchev–Trinajstić information content (AvgIpc) is 2.98. The van der Waals surface area contributed by atoms with E-state index in [0.29, 0.717) is 18.2 Å². The fourth-order valence-electron chi connectivity index (χ4n) is 2.14. The fraction of sp³-hybridized carbons (Fsp3) is 0.267. The van der Waals surface area contributed by atoms with Crippen LogP contribution >= 0.6 is 23.8 Å². The molecule has 104 valence electrons. The number of benzene rings is 1. The predicted octanol–water partition coefficient (Wildman–Crippen LogP) is 3.61. The zero-order valence-corrected chi connectivity index (χ0v) is 12.4. The summed E-state index contributed by atoms with van der Waals surface area (Å²) in [6.45, 7) is 3.06. The Kier molecular flexibility index (Phi) is 4.05. The van der Waals surface area contributed by atoms with E-state index >= 15 is 0 Å². The van der Waals surface area contributed by atoms with Gasteiger partial charge in [-0.3, -0.25) is 0 Å². The Balaban J connectivity index is 1.79. The van der Waals surface area contributed by atoms with Gasteiger partial charge in [0.1, 0.15) is 10.7 Å². The van der Waals surface area contributed by atoms with Crippen LogP contribution in [0, 0.1) is 0 Å². The van der Waals surface area contributed by atoms with Gasteiger partial charge in [0.15, 0.2) is 5.76 Å². The SMILES string of the molecule is S=C(c1ccc(-c2ccc(Cl)cc2)o1)N1CCOCC1. The van der Waals surface area contributed by atoms with E-state index in [1.165, 1.54) is 0 Å². The molecule has 1 aliphatic rings. The molecule has 2 heterocycles. The zero-order valence-electron chi connectivity index (χ0n) is 10.8. The summed E-state index contributed by atoms with van der Waals surface area (Å²) in [5, 5.41) is 0.712. The van der Waals surface area contributed by atoms with Crippen molar-refractivity contribution in [3.63, 3.8) is 0 Å². The van der Waals surface area contributed by atoms with Gasteiger partial charge in [0.05, 0.1) is 13.2 Å². The minimum Gasteiger partial charge on any atom is -0.454 e. The second kappa shape index (κ2) is 5.95. The van der Waals surface area contributed by atoms with E-state index in [-0.39, 0.29) is 0 Å². The van der Waals surface area contributed by atoms with Crippen molar-refractivity contribution in [1.29, 1.82) is 0 Å². The van der Waals surface area contributed by atoms with Gasteiger partial charge in [-0.2, -0.15) is 0 Å². The Morgan fingerprint density at radius 2 is 1.75 bits per heavy atom. The molecule has 3 nitrogen and oxygen atoms in total. The van der Waals surface area contributed by atoms with Gasteiger partial charge in [0, 0.05) is 23.7 Å². The molecule has 0 radical (unpaired) electrons. The number of ether oxygens (including phenoxy) is 1. The Morgan fingerprint density at radius 1 is 1.05 bits per heavy atom. The number of halogens is 1. The quantitative estimate of drug-likeness (QED) is 0.792. The third-order valence-corrected chi connectivity index (χ3v) is 3.96. The molecule has 1 aromatic carbocycles. The van der Waals surface area contributed by atoms with Gasteiger partial charge in [-0.15, -0.1) is 0 Å². The third-order valence-electron chi connectivity index (χ3n) is 3.24. The number of furan rings is 1. The largest absolute Gasteiger partial charge is 0.454 e. The summed E-state index contributed by atoms with van der Waals surface area (Å²) in [5.41, 5.74) is 0.991. The summed E-state index contributed by atoms with van der Waals surface area (Å²) in [7, 11) is 0. The van der Waals surface area contributed by atoms with Gasteiger partial charge < -0.3 is 14.1 Å². The lowest BCUT2D eigenvalue weighted by atomic mass is 10.2. The highest BCUT2D eigenvalue weighted by atomic mass is 35.5. The summed E-state index contributed by atoms with van der Waals surface area (Å²) in [6, 6.07) is 11.4. The topological polar surface area (TPSA) is 25.6 Å². The minimum atomic E-state index is 0.712. The highest BCUT2D eigenvalue weighted by Crippen LogP contribution is 2.24. The summed E-state index contributed by atoms with van der Waals surface area (Å²) in [5.74, 6) is 1.53. The van der Waals surface area contributed by atoms with Crippen molar-refractivity contribution in [1.82, 2.24) is 4.90 Å². The third kappa shape index (κ3) is 2.87. The first kappa shape index (κ1) is 13.6. The fourth-order valence-corrected chi connectivity index (χ4v) is 2.56. The van der Waals surface area contributed by atoms with Crippen LogP contribution in [-0.2, 0) is 4.74 Å². The van der Waals surface area contributed by atoms with E-state index in [4.69, 9.17) is 33.0 Å². The predicted molar refractivity (Wildman–Crippen MR) is 83.2 cm³/mol. The van der Waals surface area contributed by atoms with Crippen molar-refractivity contribution >= 4 is 28.8 Å². The van der Waals surface area contributed by atoms with Crippen LogP contribution < -0.4 is 0 Å². The van der Waals surface area contributed by atoms with Crippen molar-refractivity contribution in [2.75, 3.05) is 26.3 Å². The van der Waals surface area contributed by atoms with Crippen LogP contribution in [0.4, 0.5) is 0 Å². The second-order valence-corrected chi connectivity index (χ2v) is 5.40. The number of nitrogens with zero attached hydrogens (tertiary/aromatic N) is 1. The van der Waals surface area contributed by atoms with E-state index in [2.05, 4.69) is 4.90 Å². The first-order chi connectivity index (χ1) is 9.74. The summed E-state index contributed by atoms with van der Waals surface area (Å²) >= 11 is 11.4. The number of morpholine rings is 1. The van der Waals surface area contributed by atoms with Crippen molar-refractivity contribution < 1.29 is 9.15 Å². The average molecular weight is 308 g/mol. The Bertz CT molecular complexity index is 603. The summed E-state index contributed by atoms with van der Waals surface area (Å²) < 4.78 is 11.2. The van der Waals surface area contributed by atoms with Crippen LogP contribution in [0.3, 0.4) is 0 Å². The first-order valence-electron chi connectivity index (χ1n) is 6.47. The van der Waals surface area contributed by atoms with Crippen molar-refractivity contribution in [3.05, 3.63) is 47.2 Å². The van der Waals surface area contributed by atoms with Crippen LogP contribution in [-0.4, -0.2) is 36.2 Å². The van der Waals surface area contributed by atoms with E-state index in [9.17, 15) is 0 Å². The Morgan fingerprint density at radius 3 is 2.45 bits per heavy atom. The molecule has 0 N–H and O–H groups in total. The van der Waals surface area contributed by atoms with Gasteiger partial charge in [-0.25, -0.2) is 0 Å². The summed E-state index contributed by atoms with van der Waals surface area (Å²) in [6.07, 6.45) is 0. The Labute approximate surface area is 128 Å². The smallest absolute Gasteiger partial charge is 0.162 e. The lowest BCUT2D eigenvalue weighted by Crippen LogP contribution is -2.40. The molecule has 0 amide bonds. The highest BCUT2D eigenvalue weighted by molar-refractivity contribution is 7.80. The maximum absolute atomic E-state index is 5.89. The van der Waals surface area contributed by atoms with Gasteiger partial charge in [0.25, 0.3) is 0 Å². The summed E-state index contributed by atoms with van der Waals surface area (Å²) in [4.78, 5) is 2.86. The van der Waals surface area contributed by atoms with Crippen molar-refractivity contribution in [2.24, 2.45) is 0 Å². The maximum Gasteiger partial charge on any atom is 0.162 e. The molecule has 1 saturated heterocycles. The highest BCUT2D eigenvalue weighted by Gasteiger charge is 2.18. The lowest BCUT2D eigenvalue weighted by Gasteiger charge is -2.28. The van der Waals surface area contributed by atoms with E-state index in [0.717, 1.165) is 35.2 Å². The van der Waals surface area contributed by atoms with Crippen LogP contribution in [0.15, 0.2) is 40.8 Å². The van der Waals surface area contributed by atoms with Gasteiger partial charge in [-0.05, 0) is 36.4 Å². The van der Waals surface area contributed by atoms with Crippen molar-refractivity contribution in [2.45, 2.75) is 0 Å². The second-order valence-electron chi connectivity index (χ2n) is 4.58. The van der Waals surface area contributed by atoms with Crippen LogP contribution in [0.1, 0.15) is 5.76 Å². The number of hydrogen-bond acceptors (Lipinski definition) is 3. The van der Waals surface area contributed by atoms with Crippen molar-refractivity contribution in [3.8, 4) is 11.3 Å². The lowest BCUT2D eigenvalue weighted by molar-refractivity contribution is 0.0688. The molecule has 5 heteroatoms. The van der Waals surface area contributed by atoms with Crippen LogP contribution in [0.5, 0.6) is 0 Å². The molecular formula is C15H14ClNO2S. The molecular weight excluding hydrogens is 294 g/mol. The first-order valence-corrected chi connectivity index (χ1v) is 7.25. The number of hydrogen-bond donors (Lipinski definition) is 0. The monoisotopic (exact) mass is 307 g/mol. The molecule has 1 fully saturated rings. The molecule has 0 aliphatic carbocycles. The van der Waals surface area contributed by atoms with E-state index in [1.807, 2.05) is 36.4 Å². The molecule has 1 aliphatic heterocycles. The van der Waals surface area contributed by atoms with E-state index in [1.54, 1.807) is 0 Å². The molecule has 0 bridgehead atoms. The molecule has 0 saturated carbocycles. The molecule has 0 unspecified atom stereocenters. The number of rotatable bonds is 2. The maximum atomic E-state index is 5.89. The van der Waals surface area contributed by atoms with Crippen LogP contribution in [0.25, 0.3) is 11.3 Å².